The Balaban J connectivity index is 1.51. The molecule has 7 heteroatoms. The smallest absolute Gasteiger partial charge is 0.348 e. The normalized spacial score (nSPS) is 20.6. The van der Waals surface area contributed by atoms with Gasteiger partial charge in [0.25, 0.3) is 5.56 Å². The van der Waals surface area contributed by atoms with E-state index in [9.17, 15) is 14.7 Å². The molecule has 1 aromatic carbocycles. The first-order valence-corrected chi connectivity index (χ1v) is 10.2. The van der Waals surface area contributed by atoms with Gasteiger partial charge in [0.05, 0.1) is 5.69 Å². The van der Waals surface area contributed by atoms with Crippen LogP contribution < -0.4 is 10.5 Å². The third kappa shape index (κ3) is 2.82. The van der Waals surface area contributed by atoms with Gasteiger partial charge in [0.1, 0.15) is 4.88 Å². The second kappa shape index (κ2) is 6.60. The van der Waals surface area contributed by atoms with E-state index in [1.807, 2.05) is 47.0 Å². The van der Waals surface area contributed by atoms with E-state index in [1.54, 1.807) is 6.07 Å². The fourth-order valence-electron chi connectivity index (χ4n) is 4.43. The van der Waals surface area contributed by atoms with Crippen molar-refractivity contribution in [1.29, 1.82) is 0 Å². The number of fused-ring (bicyclic) bond motifs is 4. The minimum absolute atomic E-state index is 0.0643. The first-order chi connectivity index (χ1) is 13.6. The van der Waals surface area contributed by atoms with Crippen LogP contribution in [-0.2, 0) is 6.54 Å². The Morgan fingerprint density at radius 2 is 1.89 bits per heavy atom. The van der Waals surface area contributed by atoms with E-state index in [4.69, 9.17) is 4.98 Å². The molecule has 2 aliphatic heterocycles. The largest absolute Gasteiger partial charge is 0.477 e. The van der Waals surface area contributed by atoms with Gasteiger partial charge in [-0.25, -0.2) is 9.78 Å². The zero-order valence-corrected chi connectivity index (χ0v) is 15.9. The molecule has 28 heavy (non-hydrogen) atoms. The standard InChI is InChI=1S/C21H19N3O3S/c25-17-8-4-7-16-15-9-13(11-24(16)17)10-23(12-15)21-22-18(19(28-21)20(26)27)14-5-2-1-3-6-14/h1-8,13,15H,9-12H2,(H,26,27). The molecule has 0 saturated carbocycles. The number of aromatic carboxylic acids is 1. The number of hydrogen-bond donors (Lipinski definition) is 1. The van der Waals surface area contributed by atoms with Crippen LogP contribution >= 0.6 is 11.3 Å². The van der Waals surface area contributed by atoms with Gasteiger partial charge in [0, 0.05) is 42.9 Å². The maximum atomic E-state index is 12.2. The Morgan fingerprint density at radius 3 is 2.68 bits per heavy atom. The maximum absolute atomic E-state index is 12.2. The van der Waals surface area contributed by atoms with Gasteiger partial charge in [-0.15, -0.1) is 0 Å². The van der Waals surface area contributed by atoms with Gasteiger partial charge in [-0.1, -0.05) is 47.7 Å². The van der Waals surface area contributed by atoms with Crippen LogP contribution in [0.4, 0.5) is 5.13 Å². The predicted molar refractivity (Wildman–Crippen MR) is 108 cm³/mol. The average Bonchev–Trinajstić information content (AvgIpc) is 3.15. The number of aromatic nitrogens is 2. The van der Waals surface area contributed by atoms with Crippen molar-refractivity contribution in [2.45, 2.75) is 18.9 Å². The number of nitrogens with zero attached hydrogens (tertiary/aromatic N) is 3. The van der Waals surface area contributed by atoms with E-state index in [-0.39, 0.29) is 16.4 Å². The van der Waals surface area contributed by atoms with Gasteiger partial charge in [0.15, 0.2) is 5.13 Å². The first kappa shape index (κ1) is 17.2. The summed E-state index contributed by atoms with van der Waals surface area (Å²) in [6.45, 7) is 2.25. The molecular weight excluding hydrogens is 374 g/mol. The number of carboxylic acids is 1. The van der Waals surface area contributed by atoms with Crippen molar-refractivity contribution in [3.05, 3.63) is 69.5 Å². The van der Waals surface area contributed by atoms with E-state index in [0.29, 0.717) is 18.2 Å². The lowest BCUT2D eigenvalue weighted by Gasteiger charge is -2.42. The summed E-state index contributed by atoms with van der Waals surface area (Å²) in [5.41, 5.74) is 2.48. The van der Waals surface area contributed by atoms with Gasteiger partial charge in [0.2, 0.25) is 0 Å². The van der Waals surface area contributed by atoms with Crippen LogP contribution in [0.25, 0.3) is 11.3 Å². The summed E-state index contributed by atoms with van der Waals surface area (Å²) in [7, 11) is 0. The highest BCUT2D eigenvalue weighted by Crippen LogP contribution is 2.40. The molecule has 6 nitrogen and oxygen atoms in total. The lowest BCUT2D eigenvalue weighted by atomic mass is 9.83. The SMILES string of the molecule is O=C(O)c1sc(N2CC3CC(C2)c2cccc(=O)n2C3)nc1-c1ccccc1. The fraction of sp³-hybridized carbons (Fsp3) is 0.286. The second-order valence-electron chi connectivity index (χ2n) is 7.45. The molecule has 2 atom stereocenters. The predicted octanol–water partition coefficient (Wildman–Crippen LogP) is 3.29. The van der Waals surface area contributed by atoms with Gasteiger partial charge >= 0.3 is 5.97 Å². The topological polar surface area (TPSA) is 75.4 Å². The van der Waals surface area contributed by atoms with Gasteiger partial charge < -0.3 is 14.6 Å². The fourth-order valence-corrected chi connectivity index (χ4v) is 5.38. The lowest BCUT2D eigenvalue weighted by Crippen LogP contribution is -2.47. The van der Waals surface area contributed by atoms with Crippen LogP contribution in [0.3, 0.4) is 0 Å². The number of anilines is 1. The van der Waals surface area contributed by atoms with Gasteiger partial charge in [-0.05, 0) is 18.4 Å². The number of benzene rings is 1. The van der Waals surface area contributed by atoms with E-state index >= 15 is 0 Å². The maximum Gasteiger partial charge on any atom is 0.348 e. The van der Waals surface area contributed by atoms with Crippen LogP contribution in [0.5, 0.6) is 0 Å². The van der Waals surface area contributed by atoms with E-state index in [2.05, 4.69) is 4.90 Å². The van der Waals surface area contributed by atoms with E-state index in [1.165, 1.54) is 11.3 Å². The number of piperidine rings is 1. The molecule has 5 rings (SSSR count). The highest BCUT2D eigenvalue weighted by molar-refractivity contribution is 7.17. The molecule has 142 valence electrons. The Labute approximate surface area is 165 Å². The molecule has 2 aliphatic rings. The summed E-state index contributed by atoms with van der Waals surface area (Å²) < 4.78 is 1.90. The number of rotatable bonds is 3. The number of thiazole rings is 1. The van der Waals surface area contributed by atoms with Crippen LogP contribution in [0.15, 0.2) is 53.3 Å². The highest BCUT2D eigenvalue weighted by Gasteiger charge is 2.36. The quantitative estimate of drug-likeness (QED) is 0.739. The average molecular weight is 393 g/mol. The van der Waals surface area contributed by atoms with E-state index < -0.39 is 5.97 Å². The summed E-state index contributed by atoms with van der Waals surface area (Å²) in [5.74, 6) is -0.320. The van der Waals surface area contributed by atoms with Crippen molar-refractivity contribution in [2.24, 2.45) is 5.92 Å². The molecule has 0 amide bonds. The van der Waals surface area contributed by atoms with Crippen LogP contribution in [0.1, 0.15) is 27.7 Å². The van der Waals surface area contributed by atoms with Crippen LogP contribution in [-0.4, -0.2) is 33.7 Å². The second-order valence-corrected chi connectivity index (χ2v) is 8.43. The highest BCUT2D eigenvalue weighted by atomic mass is 32.1. The molecule has 4 heterocycles. The Morgan fingerprint density at radius 1 is 1.07 bits per heavy atom. The van der Waals surface area contributed by atoms with Gasteiger partial charge in [-0.3, -0.25) is 4.79 Å². The summed E-state index contributed by atoms with van der Waals surface area (Å²) in [4.78, 5) is 31.2. The van der Waals surface area contributed by atoms with Crippen molar-refractivity contribution in [1.82, 2.24) is 9.55 Å². The lowest BCUT2D eigenvalue weighted by molar-refractivity contribution is 0.0702. The molecule has 1 N–H and O–H groups in total. The van der Waals surface area contributed by atoms with Crippen LogP contribution in [0.2, 0.25) is 0 Å². The van der Waals surface area contributed by atoms with Crippen molar-refractivity contribution in [2.75, 3.05) is 18.0 Å². The molecule has 0 aliphatic carbocycles. The van der Waals surface area contributed by atoms with Crippen molar-refractivity contribution < 1.29 is 9.90 Å². The number of carboxylic acid groups (broad SMARTS) is 1. The minimum atomic E-state index is -0.947. The molecule has 2 aromatic heterocycles. The van der Waals surface area contributed by atoms with Crippen LogP contribution in [0, 0.1) is 5.92 Å². The zero-order chi connectivity index (χ0) is 19.3. The summed E-state index contributed by atoms with van der Waals surface area (Å²) >= 11 is 1.24. The number of hydrogen-bond acceptors (Lipinski definition) is 5. The monoisotopic (exact) mass is 393 g/mol. The number of carbonyl (C=O) groups is 1. The van der Waals surface area contributed by atoms with Crippen molar-refractivity contribution in [3.63, 3.8) is 0 Å². The number of pyridine rings is 1. The molecule has 0 spiro atoms. The molecule has 2 unspecified atom stereocenters. The Hall–Kier alpha value is -2.93. The Bertz CT molecular complexity index is 1110. The van der Waals surface area contributed by atoms with Gasteiger partial charge in [-0.2, -0.15) is 0 Å². The molecule has 3 aromatic rings. The third-order valence-corrected chi connectivity index (χ3v) is 6.71. The zero-order valence-electron chi connectivity index (χ0n) is 15.1. The van der Waals surface area contributed by atoms with Crippen molar-refractivity contribution in [3.8, 4) is 11.3 Å². The molecule has 1 fully saturated rings. The van der Waals surface area contributed by atoms with E-state index in [0.717, 1.165) is 35.9 Å². The summed E-state index contributed by atoms with van der Waals surface area (Å²) in [5, 5.41) is 10.4. The first-order valence-electron chi connectivity index (χ1n) is 9.34. The van der Waals surface area contributed by atoms with Crippen molar-refractivity contribution >= 4 is 22.4 Å². The molecular formula is C21H19N3O3S. The summed E-state index contributed by atoms with van der Waals surface area (Å²) in [6.07, 6.45) is 1.06. The summed E-state index contributed by atoms with van der Waals surface area (Å²) in [6, 6.07) is 14.9. The Kier molecular flexibility index (Phi) is 4.05. The molecule has 2 bridgehead atoms. The molecule has 1 saturated heterocycles. The molecule has 0 radical (unpaired) electrons. The third-order valence-electron chi connectivity index (χ3n) is 5.61. The minimum Gasteiger partial charge on any atom is -0.477 e.